The second-order valence-corrected chi connectivity index (χ2v) is 7.61. The molecule has 0 aromatic heterocycles. The lowest BCUT2D eigenvalue weighted by atomic mass is 9.89. The van der Waals surface area contributed by atoms with Crippen LogP contribution in [0, 0.1) is 11.8 Å². The quantitative estimate of drug-likeness (QED) is 0.830. The fourth-order valence-electron chi connectivity index (χ4n) is 4.33. The highest BCUT2D eigenvalue weighted by atomic mass is 35.5. The maximum atomic E-state index is 13.5. The second-order valence-electron chi connectivity index (χ2n) is 7.17. The minimum Gasteiger partial charge on any atom is -0.491 e. The molecule has 0 saturated carbocycles. The van der Waals surface area contributed by atoms with Crippen molar-refractivity contribution in [3.8, 4) is 5.75 Å². The van der Waals surface area contributed by atoms with Crippen molar-refractivity contribution >= 4 is 17.5 Å². The van der Waals surface area contributed by atoms with Crippen LogP contribution in [0.4, 0.5) is 0 Å². The first-order valence-electron chi connectivity index (χ1n) is 9.38. The smallest absolute Gasteiger partial charge is 0.258 e. The van der Waals surface area contributed by atoms with Gasteiger partial charge in [0, 0.05) is 37.1 Å². The Morgan fingerprint density at radius 3 is 2.81 bits per heavy atom. The van der Waals surface area contributed by atoms with E-state index in [2.05, 4.69) is 17.4 Å². The first-order valence-corrected chi connectivity index (χ1v) is 9.76. The van der Waals surface area contributed by atoms with Gasteiger partial charge in [-0.05, 0) is 29.7 Å². The molecule has 2 aromatic rings. The fourth-order valence-corrected chi connectivity index (χ4v) is 4.50. The Labute approximate surface area is 164 Å². The van der Waals surface area contributed by atoms with Crippen LogP contribution in [0.1, 0.15) is 22.0 Å². The number of ether oxygens (including phenoxy) is 1. The van der Waals surface area contributed by atoms with E-state index in [0.717, 1.165) is 19.6 Å². The standard InChI is InChI=1S/C21H24ClN3O2/c22-16-6-7-19(27-9-8-23)17(10-16)21(26)25-13-15-11-24-12-18(15)20(25)14-4-2-1-3-5-14/h1-7,10,15,18,20,24H,8-9,11-13,23H2/t15-,18-,20+/m0/s1. The minimum absolute atomic E-state index is 0.0345. The molecule has 2 fully saturated rings. The molecule has 4 rings (SSSR count). The Bertz CT molecular complexity index is 814. The third-order valence-electron chi connectivity index (χ3n) is 5.51. The molecule has 6 heteroatoms. The lowest BCUT2D eigenvalue weighted by Gasteiger charge is -2.29. The van der Waals surface area contributed by atoms with E-state index in [1.807, 2.05) is 23.1 Å². The van der Waals surface area contributed by atoms with E-state index in [1.165, 1.54) is 5.56 Å². The van der Waals surface area contributed by atoms with Crippen LogP contribution in [0.15, 0.2) is 48.5 Å². The molecule has 0 spiro atoms. The van der Waals surface area contributed by atoms with E-state index >= 15 is 0 Å². The zero-order chi connectivity index (χ0) is 18.8. The van der Waals surface area contributed by atoms with Crippen molar-refractivity contribution in [2.45, 2.75) is 6.04 Å². The highest BCUT2D eigenvalue weighted by Gasteiger charge is 2.47. The Morgan fingerprint density at radius 2 is 2.04 bits per heavy atom. The van der Waals surface area contributed by atoms with Gasteiger partial charge in [0.1, 0.15) is 12.4 Å². The van der Waals surface area contributed by atoms with Crippen LogP contribution < -0.4 is 15.8 Å². The fraction of sp³-hybridized carbons (Fsp3) is 0.381. The number of benzene rings is 2. The van der Waals surface area contributed by atoms with Crippen LogP contribution >= 0.6 is 11.6 Å². The Balaban J connectivity index is 1.69. The lowest BCUT2D eigenvalue weighted by Crippen LogP contribution is -2.35. The van der Waals surface area contributed by atoms with Crippen LogP contribution in [0.5, 0.6) is 5.75 Å². The maximum Gasteiger partial charge on any atom is 0.258 e. The normalized spacial score (nSPS) is 24.1. The van der Waals surface area contributed by atoms with Crippen molar-refractivity contribution in [1.82, 2.24) is 10.2 Å². The largest absolute Gasteiger partial charge is 0.491 e. The Morgan fingerprint density at radius 1 is 1.22 bits per heavy atom. The highest BCUT2D eigenvalue weighted by Crippen LogP contribution is 2.43. The van der Waals surface area contributed by atoms with E-state index in [0.29, 0.717) is 41.3 Å². The number of rotatable bonds is 5. The molecule has 0 radical (unpaired) electrons. The first-order chi connectivity index (χ1) is 13.2. The first kappa shape index (κ1) is 18.3. The molecule has 2 aliphatic heterocycles. The van der Waals surface area contributed by atoms with Crippen molar-refractivity contribution in [3.05, 3.63) is 64.7 Å². The molecule has 0 unspecified atom stereocenters. The number of carbonyl (C=O) groups is 1. The lowest BCUT2D eigenvalue weighted by molar-refractivity contribution is 0.0709. The molecule has 0 aliphatic carbocycles. The van der Waals surface area contributed by atoms with Gasteiger partial charge in [-0.25, -0.2) is 0 Å². The third kappa shape index (κ3) is 3.55. The molecule has 3 atom stereocenters. The molecule has 1 amide bonds. The number of amides is 1. The third-order valence-corrected chi connectivity index (χ3v) is 5.75. The second kappa shape index (κ2) is 7.89. The predicted octanol–water partition coefficient (Wildman–Crippen LogP) is 2.71. The predicted molar refractivity (Wildman–Crippen MR) is 106 cm³/mol. The van der Waals surface area contributed by atoms with Gasteiger partial charge >= 0.3 is 0 Å². The summed E-state index contributed by atoms with van der Waals surface area (Å²) in [7, 11) is 0. The van der Waals surface area contributed by atoms with E-state index < -0.39 is 0 Å². The van der Waals surface area contributed by atoms with Crippen molar-refractivity contribution in [3.63, 3.8) is 0 Å². The van der Waals surface area contributed by atoms with Gasteiger partial charge in [-0.3, -0.25) is 4.79 Å². The molecular weight excluding hydrogens is 362 g/mol. The van der Waals surface area contributed by atoms with E-state index in [-0.39, 0.29) is 11.9 Å². The number of halogens is 1. The SMILES string of the molecule is NCCOc1ccc(Cl)cc1C(=O)N1C[C@@H]2CNC[C@@H]2[C@H]1c1ccccc1. The van der Waals surface area contributed by atoms with E-state index in [4.69, 9.17) is 22.1 Å². The number of fused-ring (bicyclic) bond motifs is 1. The molecule has 2 heterocycles. The molecule has 142 valence electrons. The summed E-state index contributed by atoms with van der Waals surface area (Å²) in [6.45, 7) is 3.37. The van der Waals surface area contributed by atoms with Crippen LogP contribution in [-0.2, 0) is 0 Å². The number of hydrogen-bond acceptors (Lipinski definition) is 4. The van der Waals surface area contributed by atoms with Gasteiger partial charge in [0.15, 0.2) is 0 Å². The van der Waals surface area contributed by atoms with Crippen molar-refractivity contribution in [1.29, 1.82) is 0 Å². The zero-order valence-electron chi connectivity index (χ0n) is 15.1. The number of likely N-dealkylation sites (tertiary alicyclic amines) is 1. The average Bonchev–Trinajstić information content (AvgIpc) is 3.28. The Hall–Kier alpha value is -2.08. The number of nitrogens with one attached hydrogen (secondary N) is 1. The summed E-state index contributed by atoms with van der Waals surface area (Å²) in [5.74, 6) is 1.39. The molecule has 3 N–H and O–H groups in total. The molecule has 2 aromatic carbocycles. The van der Waals surface area contributed by atoms with Gasteiger partial charge in [-0.1, -0.05) is 41.9 Å². The van der Waals surface area contributed by atoms with Gasteiger partial charge in [-0.2, -0.15) is 0 Å². The molecule has 0 bridgehead atoms. The number of nitrogens with zero attached hydrogens (tertiary/aromatic N) is 1. The summed E-state index contributed by atoms with van der Waals surface area (Å²) in [4.78, 5) is 15.5. The molecule has 2 saturated heterocycles. The summed E-state index contributed by atoms with van der Waals surface area (Å²) in [5.41, 5.74) is 7.24. The summed E-state index contributed by atoms with van der Waals surface area (Å²) in [6.07, 6.45) is 0. The van der Waals surface area contributed by atoms with Crippen LogP contribution in [0.25, 0.3) is 0 Å². The monoisotopic (exact) mass is 385 g/mol. The average molecular weight is 386 g/mol. The number of nitrogens with two attached hydrogens (primary N) is 1. The van der Waals surface area contributed by atoms with Crippen molar-refractivity contribution in [2.75, 3.05) is 32.8 Å². The summed E-state index contributed by atoms with van der Waals surface area (Å²) in [6, 6.07) is 15.5. The van der Waals surface area contributed by atoms with Crippen LogP contribution in [-0.4, -0.2) is 43.6 Å². The topological polar surface area (TPSA) is 67.6 Å². The minimum atomic E-state index is -0.0345. The van der Waals surface area contributed by atoms with Crippen molar-refractivity contribution in [2.24, 2.45) is 17.6 Å². The van der Waals surface area contributed by atoms with Crippen molar-refractivity contribution < 1.29 is 9.53 Å². The highest BCUT2D eigenvalue weighted by molar-refractivity contribution is 6.31. The molecule has 2 aliphatic rings. The van der Waals surface area contributed by atoms with Gasteiger partial charge in [-0.15, -0.1) is 0 Å². The molecule has 27 heavy (non-hydrogen) atoms. The number of carbonyl (C=O) groups excluding carboxylic acids is 1. The summed E-state index contributed by atoms with van der Waals surface area (Å²) >= 11 is 6.19. The summed E-state index contributed by atoms with van der Waals surface area (Å²) in [5, 5.41) is 4.00. The maximum absolute atomic E-state index is 13.5. The number of hydrogen-bond donors (Lipinski definition) is 2. The zero-order valence-corrected chi connectivity index (χ0v) is 15.9. The molecular formula is C21H24ClN3O2. The van der Waals surface area contributed by atoms with Crippen LogP contribution in [0.2, 0.25) is 5.02 Å². The summed E-state index contributed by atoms with van der Waals surface area (Å²) < 4.78 is 5.71. The van der Waals surface area contributed by atoms with E-state index in [1.54, 1.807) is 18.2 Å². The van der Waals surface area contributed by atoms with Gasteiger partial charge in [0.2, 0.25) is 0 Å². The van der Waals surface area contributed by atoms with Crippen LogP contribution in [0.3, 0.4) is 0 Å². The molecule has 5 nitrogen and oxygen atoms in total. The van der Waals surface area contributed by atoms with Gasteiger partial charge < -0.3 is 20.7 Å². The Kier molecular flexibility index (Phi) is 5.34. The van der Waals surface area contributed by atoms with Gasteiger partial charge in [0.05, 0.1) is 11.6 Å². The van der Waals surface area contributed by atoms with Gasteiger partial charge in [0.25, 0.3) is 5.91 Å². The van der Waals surface area contributed by atoms with E-state index in [9.17, 15) is 4.79 Å².